The number of carbonyl (C=O) groups excluding carboxylic acids is 2. The molecule has 1 N–H and O–H groups in total. The van der Waals surface area contributed by atoms with Crippen LogP contribution >= 0.6 is 11.3 Å². The molecule has 2 aromatic rings. The number of hydrogen-bond acceptors (Lipinski definition) is 4. The second-order valence-corrected chi connectivity index (χ2v) is 6.17. The monoisotopic (exact) mass is 334 g/mol. The first-order valence-electron chi connectivity index (χ1n) is 7.10. The molecule has 1 unspecified atom stereocenters. The van der Waals surface area contributed by atoms with Crippen LogP contribution in [0.25, 0.3) is 0 Å². The maximum atomic E-state index is 13.2. The first-order valence-corrected chi connectivity index (χ1v) is 7.98. The van der Waals surface area contributed by atoms with Gasteiger partial charge in [0, 0.05) is 5.56 Å². The Bertz CT molecular complexity index is 733. The summed E-state index contributed by atoms with van der Waals surface area (Å²) in [6, 6.07) is 7.88. The Morgan fingerprint density at radius 2 is 2.30 bits per heavy atom. The van der Waals surface area contributed by atoms with Crippen LogP contribution in [0.3, 0.4) is 0 Å². The number of ether oxygens (including phenoxy) is 1. The predicted octanol–water partition coefficient (Wildman–Crippen LogP) is 2.95. The number of amides is 2. The minimum absolute atomic E-state index is 0.211. The summed E-state index contributed by atoms with van der Waals surface area (Å²) in [4.78, 5) is 25.5. The van der Waals surface area contributed by atoms with Gasteiger partial charge in [0.2, 0.25) is 0 Å². The lowest BCUT2D eigenvalue weighted by molar-refractivity contribution is 0.0916. The highest BCUT2D eigenvalue weighted by Crippen LogP contribution is 2.26. The molecule has 0 aliphatic carbocycles. The minimum Gasteiger partial charge on any atom is -0.442 e. The molecule has 0 radical (unpaired) electrons. The Hall–Kier alpha value is -2.41. The van der Waals surface area contributed by atoms with E-state index in [4.69, 9.17) is 4.74 Å². The minimum atomic E-state index is -0.413. The molecule has 1 aromatic heterocycles. The number of carbonyl (C=O) groups is 2. The molecular formula is C16H15FN2O3S. The SMILES string of the molecule is Cc1cc(C(=O)NCC2CN(c3cccs3)C(=O)O2)ccc1F. The third-order valence-electron chi connectivity index (χ3n) is 3.56. The van der Waals surface area contributed by atoms with Crippen molar-refractivity contribution in [2.75, 3.05) is 18.0 Å². The highest BCUT2D eigenvalue weighted by molar-refractivity contribution is 7.14. The Kier molecular flexibility index (Phi) is 4.29. The molecule has 1 fully saturated rings. The van der Waals surface area contributed by atoms with Crippen molar-refractivity contribution < 1.29 is 18.7 Å². The topological polar surface area (TPSA) is 58.6 Å². The van der Waals surface area contributed by atoms with Gasteiger partial charge in [0.1, 0.15) is 16.9 Å². The summed E-state index contributed by atoms with van der Waals surface area (Å²) in [5, 5.41) is 5.41. The van der Waals surface area contributed by atoms with Gasteiger partial charge in [-0.2, -0.15) is 0 Å². The van der Waals surface area contributed by atoms with E-state index in [1.807, 2.05) is 17.5 Å². The number of hydrogen-bond donors (Lipinski definition) is 1. The number of aryl methyl sites for hydroxylation is 1. The van der Waals surface area contributed by atoms with Gasteiger partial charge < -0.3 is 10.1 Å². The summed E-state index contributed by atoms with van der Waals surface area (Å²) < 4.78 is 18.5. The van der Waals surface area contributed by atoms with Crippen LogP contribution in [0.2, 0.25) is 0 Å². The van der Waals surface area contributed by atoms with Gasteiger partial charge in [0.25, 0.3) is 5.91 Å². The first kappa shape index (κ1) is 15.5. The molecular weight excluding hydrogens is 319 g/mol. The number of nitrogens with one attached hydrogen (secondary N) is 1. The van der Waals surface area contributed by atoms with Crippen molar-refractivity contribution in [1.29, 1.82) is 0 Å². The molecule has 0 saturated carbocycles. The highest BCUT2D eigenvalue weighted by atomic mass is 32.1. The van der Waals surface area contributed by atoms with Gasteiger partial charge >= 0.3 is 6.09 Å². The van der Waals surface area contributed by atoms with Gasteiger partial charge in [0.05, 0.1) is 13.1 Å². The predicted molar refractivity (Wildman–Crippen MR) is 85.4 cm³/mol. The number of thiophene rings is 1. The molecule has 23 heavy (non-hydrogen) atoms. The zero-order valence-electron chi connectivity index (χ0n) is 12.4. The summed E-state index contributed by atoms with van der Waals surface area (Å²) >= 11 is 1.45. The number of benzene rings is 1. The second-order valence-electron chi connectivity index (χ2n) is 5.24. The molecule has 1 saturated heterocycles. The summed E-state index contributed by atoms with van der Waals surface area (Å²) in [7, 11) is 0. The van der Waals surface area contributed by atoms with Gasteiger partial charge in [-0.15, -0.1) is 11.3 Å². The van der Waals surface area contributed by atoms with Crippen molar-refractivity contribution in [2.45, 2.75) is 13.0 Å². The standard InChI is InChI=1S/C16H15FN2O3S/c1-10-7-11(4-5-13(10)17)15(20)18-8-12-9-19(16(21)22-12)14-3-2-6-23-14/h2-7,12H,8-9H2,1H3,(H,18,20). The molecule has 5 nitrogen and oxygen atoms in total. The normalized spacial score (nSPS) is 17.2. The van der Waals surface area contributed by atoms with Crippen LogP contribution in [0, 0.1) is 12.7 Å². The number of nitrogens with zero attached hydrogens (tertiary/aromatic N) is 1. The van der Waals surface area contributed by atoms with Crippen LogP contribution in [-0.4, -0.2) is 31.2 Å². The maximum Gasteiger partial charge on any atom is 0.415 e. The van der Waals surface area contributed by atoms with E-state index in [0.29, 0.717) is 17.7 Å². The number of halogens is 1. The lowest BCUT2D eigenvalue weighted by Crippen LogP contribution is -2.34. The molecule has 1 aromatic carbocycles. The van der Waals surface area contributed by atoms with E-state index in [1.54, 1.807) is 11.8 Å². The van der Waals surface area contributed by atoms with E-state index in [9.17, 15) is 14.0 Å². The number of anilines is 1. The lowest BCUT2D eigenvalue weighted by atomic mass is 10.1. The fourth-order valence-corrected chi connectivity index (χ4v) is 3.06. The van der Waals surface area contributed by atoms with Gasteiger partial charge in [-0.25, -0.2) is 9.18 Å². The Labute approximate surface area is 136 Å². The van der Waals surface area contributed by atoms with Crippen LogP contribution in [0.4, 0.5) is 14.2 Å². The highest BCUT2D eigenvalue weighted by Gasteiger charge is 2.33. The van der Waals surface area contributed by atoms with E-state index >= 15 is 0 Å². The second kappa shape index (κ2) is 6.37. The zero-order valence-corrected chi connectivity index (χ0v) is 13.2. The van der Waals surface area contributed by atoms with Gasteiger partial charge in [0.15, 0.2) is 0 Å². The van der Waals surface area contributed by atoms with E-state index < -0.39 is 12.2 Å². The summed E-state index contributed by atoms with van der Waals surface area (Å²) in [6.07, 6.45) is -0.820. The lowest BCUT2D eigenvalue weighted by Gasteiger charge is -2.11. The Balaban J connectivity index is 1.57. The molecule has 7 heteroatoms. The number of rotatable bonds is 4. The van der Waals surface area contributed by atoms with Crippen molar-refractivity contribution >= 4 is 28.3 Å². The fourth-order valence-electron chi connectivity index (χ4n) is 2.33. The number of cyclic esters (lactones) is 1. The average Bonchev–Trinajstić information content (AvgIpc) is 3.17. The molecule has 2 heterocycles. The van der Waals surface area contributed by atoms with Gasteiger partial charge in [-0.3, -0.25) is 9.69 Å². The summed E-state index contributed by atoms with van der Waals surface area (Å²) in [6.45, 7) is 2.20. The molecule has 120 valence electrons. The Morgan fingerprint density at radius 1 is 1.48 bits per heavy atom. The molecule has 1 aliphatic rings. The summed E-state index contributed by atoms with van der Waals surface area (Å²) in [5.41, 5.74) is 0.789. The first-order chi connectivity index (χ1) is 11.0. The van der Waals surface area contributed by atoms with Crippen molar-refractivity contribution in [3.63, 3.8) is 0 Å². The molecule has 2 amide bonds. The van der Waals surface area contributed by atoms with E-state index in [2.05, 4.69) is 5.32 Å². The van der Waals surface area contributed by atoms with Gasteiger partial charge in [-0.1, -0.05) is 0 Å². The smallest absolute Gasteiger partial charge is 0.415 e. The molecule has 1 aliphatic heterocycles. The fraction of sp³-hybridized carbons (Fsp3) is 0.250. The van der Waals surface area contributed by atoms with Crippen LogP contribution < -0.4 is 10.2 Å². The molecule has 3 rings (SSSR count). The summed E-state index contributed by atoms with van der Waals surface area (Å²) in [5.74, 6) is -0.670. The zero-order chi connectivity index (χ0) is 16.4. The van der Waals surface area contributed by atoms with E-state index in [0.717, 1.165) is 5.00 Å². The van der Waals surface area contributed by atoms with Crippen LogP contribution in [0.5, 0.6) is 0 Å². The largest absolute Gasteiger partial charge is 0.442 e. The van der Waals surface area contributed by atoms with E-state index in [1.165, 1.54) is 29.5 Å². The van der Waals surface area contributed by atoms with Crippen LogP contribution in [0.1, 0.15) is 15.9 Å². The maximum absolute atomic E-state index is 13.2. The molecule has 1 atom stereocenters. The quantitative estimate of drug-likeness (QED) is 0.935. The van der Waals surface area contributed by atoms with Crippen molar-refractivity contribution in [1.82, 2.24) is 5.32 Å². The third kappa shape index (κ3) is 3.34. The molecule has 0 bridgehead atoms. The third-order valence-corrected chi connectivity index (χ3v) is 4.45. The van der Waals surface area contributed by atoms with Crippen molar-refractivity contribution in [3.8, 4) is 0 Å². The Morgan fingerprint density at radius 3 is 3.00 bits per heavy atom. The van der Waals surface area contributed by atoms with Crippen molar-refractivity contribution in [2.24, 2.45) is 0 Å². The van der Waals surface area contributed by atoms with Crippen molar-refractivity contribution in [3.05, 3.63) is 52.7 Å². The van der Waals surface area contributed by atoms with Gasteiger partial charge in [-0.05, 0) is 48.2 Å². The molecule has 0 spiro atoms. The van der Waals surface area contributed by atoms with Crippen LogP contribution in [0.15, 0.2) is 35.7 Å². The van der Waals surface area contributed by atoms with Crippen LogP contribution in [-0.2, 0) is 4.74 Å². The van der Waals surface area contributed by atoms with E-state index in [-0.39, 0.29) is 18.3 Å². The average molecular weight is 334 g/mol.